The highest BCUT2D eigenvalue weighted by molar-refractivity contribution is 9.10. The Morgan fingerprint density at radius 1 is 1.09 bits per heavy atom. The van der Waals surface area contributed by atoms with Gasteiger partial charge in [0.2, 0.25) is 11.8 Å². The van der Waals surface area contributed by atoms with E-state index in [1.165, 1.54) is 11.3 Å². The van der Waals surface area contributed by atoms with Crippen LogP contribution in [0.2, 0.25) is 0 Å². The fraction of sp³-hybridized carbons (Fsp3) is 0.474. The van der Waals surface area contributed by atoms with Crippen molar-refractivity contribution in [1.29, 1.82) is 0 Å². The summed E-state index contributed by atoms with van der Waals surface area (Å²) in [4.78, 5) is 27.7. The van der Waals surface area contributed by atoms with Gasteiger partial charge in [-0.1, -0.05) is 35.0 Å². The molecule has 0 unspecified atom stereocenters. The largest absolute Gasteiger partial charge is 0.274 e. The molecule has 4 heteroatoms. The summed E-state index contributed by atoms with van der Waals surface area (Å²) < 4.78 is 0.984. The number of amides is 2. The summed E-state index contributed by atoms with van der Waals surface area (Å²) in [5.74, 6) is 1.71. The lowest BCUT2D eigenvalue weighted by Crippen LogP contribution is -2.40. The third kappa shape index (κ3) is 1.70. The molecule has 1 saturated heterocycles. The van der Waals surface area contributed by atoms with Crippen molar-refractivity contribution in [2.75, 3.05) is 4.90 Å². The number of aryl methyl sites for hydroxylation is 1. The van der Waals surface area contributed by atoms with Crippen molar-refractivity contribution in [3.05, 3.63) is 40.4 Å². The average Bonchev–Trinajstić information content (AvgIpc) is 3.33. The minimum atomic E-state index is -0.116. The number of carbonyl (C=O) groups excluding carboxylic acids is 2. The fourth-order valence-electron chi connectivity index (χ4n) is 5.25. The molecule has 118 valence electrons. The van der Waals surface area contributed by atoms with Gasteiger partial charge in [0.05, 0.1) is 17.5 Å². The van der Waals surface area contributed by atoms with Crippen LogP contribution in [0.15, 0.2) is 34.8 Å². The van der Waals surface area contributed by atoms with E-state index in [1.54, 1.807) is 0 Å². The molecule has 6 atom stereocenters. The van der Waals surface area contributed by atoms with E-state index < -0.39 is 0 Å². The van der Waals surface area contributed by atoms with E-state index in [9.17, 15) is 9.59 Å². The molecule has 2 bridgehead atoms. The maximum Gasteiger partial charge on any atom is 0.238 e. The summed E-state index contributed by atoms with van der Waals surface area (Å²) in [5, 5.41) is 0. The van der Waals surface area contributed by atoms with Gasteiger partial charge in [-0.15, -0.1) is 0 Å². The Morgan fingerprint density at radius 3 is 2.26 bits per heavy atom. The second-order valence-electron chi connectivity index (χ2n) is 7.29. The number of benzene rings is 1. The van der Waals surface area contributed by atoms with Gasteiger partial charge >= 0.3 is 0 Å². The topological polar surface area (TPSA) is 37.4 Å². The summed E-state index contributed by atoms with van der Waals surface area (Å²) in [7, 11) is 0. The minimum absolute atomic E-state index is 0.0294. The fourth-order valence-corrected chi connectivity index (χ4v) is 5.66. The predicted molar refractivity (Wildman–Crippen MR) is 90.7 cm³/mol. The molecule has 1 heterocycles. The van der Waals surface area contributed by atoms with Crippen molar-refractivity contribution in [2.45, 2.75) is 19.8 Å². The number of allylic oxidation sites excluding steroid dienone is 2. The monoisotopic (exact) mass is 371 g/mol. The SMILES string of the molecule is CCc1cc(Br)ccc1N1C(=O)[C@@H]2[C@H]3C=C[C@@H]([C@@H]4C[C@@H]34)[C@H]2C1=O. The molecule has 3 nitrogen and oxygen atoms in total. The number of hydrogen-bond acceptors (Lipinski definition) is 2. The van der Waals surface area contributed by atoms with Gasteiger partial charge in [0.1, 0.15) is 0 Å². The summed E-state index contributed by atoms with van der Waals surface area (Å²) >= 11 is 3.48. The Morgan fingerprint density at radius 2 is 1.70 bits per heavy atom. The first-order valence-electron chi connectivity index (χ1n) is 8.46. The molecule has 6 rings (SSSR count). The van der Waals surface area contributed by atoms with Gasteiger partial charge in [-0.25, -0.2) is 4.90 Å². The molecule has 0 spiro atoms. The zero-order chi connectivity index (χ0) is 15.9. The molecule has 2 amide bonds. The first kappa shape index (κ1) is 14.0. The second-order valence-corrected chi connectivity index (χ2v) is 8.21. The molecule has 0 radical (unpaired) electrons. The predicted octanol–water partition coefficient (Wildman–Crippen LogP) is 3.57. The van der Waals surface area contributed by atoms with Gasteiger partial charge in [-0.2, -0.15) is 0 Å². The summed E-state index contributed by atoms with van der Waals surface area (Å²) in [6.07, 6.45) is 6.44. The number of anilines is 1. The van der Waals surface area contributed by atoms with E-state index in [1.807, 2.05) is 18.2 Å². The van der Waals surface area contributed by atoms with E-state index in [4.69, 9.17) is 0 Å². The van der Waals surface area contributed by atoms with Crippen molar-refractivity contribution in [3.63, 3.8) is 0 Å². The van der Waals surface area contributed by atoms with Crippen LogP contribution in [0.5, 0.6) is 0 Å². The van der Waals surface area contributed by atoms with Crippen LogP contribution < -0.4 is 4.90 Å². The lowest BCUT2D eigenvalue weighted by molar-refractivity contribution is -0.124. The number of rotatable bonds is 2. The first-order valence-corrected chi connectivity index (χ1v) is 9.25. The normalized spacial score (nSPS) is 39.7. The quantitative estimate of drug-likeness (QED) is 0.588. The lowest BCUT2D eigenvalue weighted by Gasteiger charge is -2.37. The Balaban J connectivity index is 1.60. The number of imide groups is 1. The average molecular weight is 372 g/mol. The van der Waals surface area contributed by atoms with E-state index in [0.29, 0.717) is 11.8 Å². The van der Waals surface area contributed by atoms with Gasteiger partial charge in [0, 0.05) is 4.47 Å². The highest BCUT2D eigenvalue weighted by Gasteiger charge is 2.67. The molecule has 2 saturated carbocycles. The molecule has 4 aliphatic carbocycles. The van der Waals surface area contributed by atoms with Crippen molar-refractivity contribution >= 4 is 33.4 Å². The molecule has 3 fully saturated rings. The summed E-state index contributed by atoms with van der Waals surface area (Å²) in [6, 6.07) is 5.84. The van der Waals surface area contributed by atoms with Crippen LogP contribution in [0.25, 0.3) is 0 Å². The zero-order valence-corrected chi connectivity index (χ0v) is 14.5. The Hall–Kier alpha value is -1.42. The molecule has 1 aliphatic heterocycles. The Kier molecular flexibility index (Phi) is 2.77. The van der Waals surface area contributed by atoms with Gasteiger partial charge in [0.15, 0.2) is 0 Å². The van der Waals surface area contributed by atoms with Crippen molar-refractivity contribution < 1.29 is 9.59 Å². The Bertz CT molecular complexity index is 735. The third-order valence-electron chi connectivity index (χ3n) is 6.33. The maximum atomic E-state index is 13.1. The highest BCUT2D eigenvalue weighted by atomic mass is 79.9. The van der Waals surface area contributed by atoms with E-state index in [-0.39, 0.29) is 35.5 Å². The lowest BCUT2D eigenvalue weighted by atomic mass is 9.63. The second kappa shape index (κ2) is 4.56. The van der Waals surface area contributed by atoms with Gasteiger partial charge < -0.3 is 0 Å². The van der Waals surface area contributed by atoms with Crippen LogP contribution in [0.3, 0.4) is 0 Å². The number of hydrogen-bond donors (Lipinski definition) is 0. The first-order chi connectivity index (χ1) is 11.1. The van der Waals surface area contributed by atoms with Crippen LogP contribution >= 0.6 is 15.9 Å². The van der Waals surface area contributed by atoms with Crippen LogP contribution in [0.1, 0.15) is 18.9 Å². The van der Waals surface area contributed by atoms with Gasteiger partial charge in [-0.3, -0.25) is 9.59 Å². The standard InChI is InChI=1S/C19H18BrNO2/c1-2-9-7-10(20)3-6-15(9)21-18(22)16-11-4-5-12(14-8-13(11)14)17(16)19(21)23/h3-7,11-14,16-17H,2,8H2,1H3/t11-,12-,13-,14-,16+,17+/m0/s1. The molecular formula is C19H18BrNO2. The molecule has 0 N–H and O–H groups in total. The van der Waals surface area contributed by atoms with Crippen LogP contribution in [0, 0.1) is 35.5 Å². The van der Waals surface area contributed by atoms with Crippen molar-refractivity contribution in [2.24, 2.45) is 35.5 Å². The molecule has 1 aromatic carbocycles. The molecular weight excluding hydrogens is 354 g/mol. The number of halogens is 1. The van der Waals surface area contributed by atoms with E-state index in [2.05, 4.69) is 35.0 Å². The summed E-state index contributed by atoms with van der Waals surface area (Å²) in [6.45, 7) is 2.06. The van der Waals surface area contributed by atoms with Gasteiger partial charge in [0.25, 0.3) is 0 Å². The summed E-state index contributed by atoms with van der Waals surface area (Å²) in [5.41, 5.74) is 1.83. The molecule has 5 aliphatic rings. The van der Waals surface area contributed by atoms with Crippen molar-refractivity contribution in [1.82, 2.24) is 0 Å². The van der Waals surface area contributed by atoms with Crippen molar-refractivity contribution in [3.8, 4) is 0 Å². The molecule has 23 heavy (non-hydrogen) atoms. The number of nitrogens with zero attached hydrogens (tertiary/aromatic N) is 1. The third-order valence-corrected chi connectivity index (χ3v) is 6.82. The smallest absolute Gasteiger partial charge is 0.238 e. The molecule has 1 aromatic rings. The van der Waals surface area contributed by atoms with Crippen LogP contribution in [-0.4, -0.2) is 11.8 Å². The zero-order valence-electron chi connectivity index (χ0n) is 12.9. The number of carbonyl (C=O) groups is 2. The minimum Gasteiger partial charge on any atom is -0.274 e. The van der Waals surface area contributed by atoms with E-state index >= 15 is 0 Å². The van der Waals surface area contributed by atoms with Gasteiger partial charge in [-0.05, 0) is 60.3 Å². The van der Waals surface area contributed by atoms with E-state index in [0.717, 1.165) is 22.1 Å². The maximum absolute atomic E-state index is 13.1. The molecule has 0 aromatic heterocycles. The Labute approximate surface area is 143 Å². The van der Waals surface area contributed by atoms with Crippen LogP contribution in [0.4, 0.5) is 5.69 Å². The highest BCUT2D eigenvalue weighted by Crippen LogP contribution is 2.65. The van der Waals surface area contributed by atoms with Crippen LogP contribution in [-0.2, 0) is 16.0 Å².